The molecule has 0 bridgehead atoms. The number of esters is 1. The molecule has 30 heavy (non-hydrogen) atoms. The summed E-state index contributed by atoms with van der Waals surface area (Å²) in [6.07, 6.45) is 4.54. The second-order valence-electron chi connectivity index (χ2n) is 8.31. The molecule has 1 saturated heterocycles. The number of carbonyl (C=O) groups is 3. The number of carboxylic acids is 1. The average molecular weight is 417 g/mol. The van der Waals surface area contributed by atoms with Crippen molar-refractivity contribution in [2.75, 3.05) is 6.61 Å². The van der Waals surface area contributed by atoms with E-state index in [1.807, 2.05) is 30.3 Å². The predicted molar refractivity (Wildman–Crippen MR) is 112 cm³/mol. The molecular formula is C23H32N2O5. The maximum atomic E-state index is 13.2. The number of hydrogen-bond donors (Lipinski definition) is 2. The first-order chi connectivity index (χ1) is 14.4. The van der Waals surface area contributed by atoms with E-state index in [1.165, 1.54) is 0 Å². The summed E-state index contributed by atoms with van der Waals surface area (Å²) in [6.45, 7) is 3.72. The first-order valence-electron chi connectivity index (χ1n) is 10.9. The van der Waals surface area contributed by atoms with E-state index in [4.69, 9.17) is 4.74 Å². The Kier molecular flexibility index (Phi) is 7.48. The minimum Gasteiger partial charge on any atom is -0.480 e. The van der Waals surface area contributed by atoms with Crippen LogP contribution in [0.5, 0.6) is 0 Å². The predicted octanol–water partition coefficient (Wildman–Crippen LogP) is 2.38. The first-order valence-corrected chi connectivity index (χ1v) is 10.9. The van der Waals surface area contributed by atoms with Crippen molar-refractivity contribution in [3.8, 4) is 0 Å². The molecule has 1 saturated carbocycles. The molecule has 1 aromatic rings. The summed E-state index contributed by atoms with van der Waals surface area (Å²) >= 11 is 0. The van der Waals surface area contributed by atoms with Crippen molar-refractivity contribution in [2.24, 2.45) is 5.92 Å². The van der Waals surface area contributed by atoms with Crippen LogP contribution >= 0.6 is 0 Å². The molecule has 1 amide bonds. The van der Waals surface area contributed by atoms with Gasteiger partial charge in [-0.2, -0.15) is 0 Å². The fourth-order valence-corrected chi connectivity index (χ4v) is 4.89. The number of rotatable bonds is 9. The number of aryl methyl sites for hydroxylation is 1. The molecule has 1 aromatic carbocycles. The quantitative estimate of drug-likeness (QED) is 0.600. The number of benzene rings is 1. The number of fused-ring (bicyclic) bond motifs is 1. The van der Waals surface area contributed by atoms with E-state index in [-0.39, 0.29) is 30.4 Å². The lowest BCUT2D eigenvalue weighted by atomic mass is 10.0. The van der Waals surface area contributed by atoms with Crippen LogP contribution in [0, 0.1) is 5.92 Å². The second-order valence-corrected chi connectivity index (χ2v) is 8.31. The maximum Gasteiger partial charge on any atom is 0.326 e. The van der Waals surface area contributed by atoms with Gasteiger partial charge in [-0.25, -0.2) is 4.79 Å². The van der Waals surface area contributed by atoms with Crippen molar-refractivity contribution >= 4 is 17.8 Å². The lowest BCUT2D eigenvalue weighted by Crippen LogP contribution is -2.55. The van der Waals surface area contributed by atoms with Gasteiger partial charge < -0.3 is 14.7 Å². The highest BCUT2D eigenvalue weighted by Crippen LogP contribution is 2.41. The molecule has 2 N–H and O–H groups in total. The fourth-order valence-electron chi connectivity index (χ4n) is 4.89. The standard InChI is InChI=1S/C23H32N2O5/c1-3-30-23(29)18(13-12-16-8-5-4-6-9-16)24-15(2)21(26)25-19-11-7-10-17(19)14-20(25)22(27)28/h4-6,8-9,15,17-20,24H,3,7,10-14H2,1-2H3,(H,27,28)/t15-,17+,18+,19+,20+/m1/s1. The Hall–Kier alpha value is -2.41. The third kappa shape index (κ3) is 5.01. The van der Waals surface area contributed by atoms with Gasteiger partial charge in [-0.05, 0) is 57.4 Å². The molecule has 1 heterocycles. The lowest BCUT2D eigenvalue weighted by Gasteiger charge is -2.31. The molecule has 0 spiro atoms. The van der Waals surface area contributed by atoms with Crippen LogP contribution in [0.3, 0.4) is 0 Å². The average Bonchev–Trinajstić information content (AvgIpc) is 3.32. The summed E-state index contributed by atoms with van der Waals surface area (Å²) in [4.78, 5) is 39.1. The number of carbonyl (C=O) groups excluding carboxylic acids is 2. The maximum absolute atomic E-state index is 13.2. The summed E-state index contributed by atoms with van der Waals surface area (Å²) in [5.41, 5.74) is 1.10. The molecule has 7 heteroatoms. The van der Waals surface area contributed by atoms with E-state index < -0.39 is 24.1 Å². The Bertz CT molecular complexity index is 753. The Morgan fingerprint density at radius 2 is 1.97 bits per heavy atom. The third-order valence-corrected chi connectivity index (χ3v) is 6.33. The number of nitrogens with zero attached hydrogens (tertiary/aromatic N) is 1. The van der Waals surface area contributed by atoms with Gasteiger partial charge in [0.25, 0.3) is 0 Å². The first kappa shape index (κ1) is 22.3. The van der Waals surface area contributed by atoms with Crippen LogP contribution in [0.4, 0.5) is 0 Å². The van der Waals surface area contributed by atoms with Crippen molar-refractivity contribution in [1.82, 2.24) is 10.2 Å². The monoisotopic (exact) mass is 416 g/mol. The van der Waals surface area contributed by atoms with Crippen LogP contribution in [0.25, 0.3) is 0 Å². The van der Waals surface area contributed by atoms with Gasteiger partial charge in [-0.15, -0.1) is 0 Å². The van der Waals surface area contributed by atoms with Crippen LogP contribution in [-0.2, 0) is 25.5 Å². The van der Waals surface area contributed by atoms with Crippen molar-refractivity contribution in [3.05, 3.63) is 35.9 Å². The van der Waals surface area contributed by atoms with Gasteiger partial charge in [0, 0.05) is 6.04 Å². The van der Waals surface area contributed by atoms with E-state index in [9.17, 15) is 19.5 Å². The summed E-state index contributed by atoms with van der Waals surface area (Å²) in [5.74, 6) is -1.31. The Labute approximate surface area is 177 Å². The molecule has 5 atom stereocenters. The van der Waals surface area contributed by atoms with Crippen molar-refractivity contribution in [3.63, 3.8) is 0 Å². The number of amides is 1. The van der Waals surface area contributed by atoms with Gasteiger partial charge in [0.2, 0.25) is 5.91 Å². The molecule has 0 unspecified atom stereocenters. The van der Waals surface area contributed by atoms with Crippen LogP contribution in [0.15, 0.2) is 30.3 Å². The molecule has 3 rings (SSSR count). The van der Waals surface area contributed by atoms with Crippen molar-refractivity contribution in [2.45, 2.75) is 76.5 Å². The summed E-state index contributed by atoms with van der Waals surface area (Å²) in [6, 6.07) is 7.76. The molecule has 0 radical (unpaired) electrons. The topological polar surface area (TPSA) is 95.9 Å². The smallest absolute Gasteiger partial charge is 0.326 e. The van der Waals surface area contributed by atoms with Crippen molar-refractivity contribution < 1.29 is 24.2 Å². The number of aliphatic carboxylic acids is 1. The van der Waals surface area contributed by atoms with E-state index in [2.05, 4.69) is 5.32 Å². The van der Waals surface area contributed by atoms with Gasteiger partial charge in [-0.3, -0.25) is 14.9 Å². The van der Waals surface area contributed by atoms with Gasteiger partial charge in [-0.1, -0.05) is 36.8 Å². The number of ether oxygens (including phenoxy) is 1. The molecule has 1 aliphatic carbocycles. The van der Waals surface area contributed by atoms with Crippen molar-refractivity contribution in [1.29, 1.82) is 0 Å². The van der Waals surface area contributed by atoms with Gasteiger partial charge >= 0.3 is 11.9 Å². The molecular weight excluding hydrogens is 384 g/mol. The highest BCUT2D eigenvalue weighted by molar-refractivity contribution is 5.88. The Balaban J connectivity index is 1.68. The van der Waals surface area contributed by atoms with E-state index in [0.717, 1.165) is 24.8 Å². The zero-order valence-corrected chi connectivity index (χ0v) is 17.8. The summed E-state index contributed by atoms with van der Waals surface area (Å²) in [7, 11) is 0. The summed E-state index contributed by atoms with van der Waals surface area (Å²) in [5, 5.41) is 12.8. The fraction of sp³-hybridized carbons (Fsp3) is 0.609. The molecule has 1 aliphatic heterocycles. The van der Waals surface area contributed by atoms with E-state index >= 15 is 0 Å². The number of nitrogens with one attached hydrogen (secondary N) is 1. The highest BCUT2D eigenvalue weighted by atomic mass is 16.5. The zero-order valence-electron chi connectivity index (χ0n) is 17.8. The number of carboxylic acid groups (broad SMARTS) is 1. The molecule has 164 valence electrons. The minimum atomic E-state index is -0.948. The number of hydrogen-bond acceptors (Lipinski definition) is 5. The second kappa shape index (κ2) is 10.1. The van der Waals surface area contributed by atoms with E-state index in [0.29, 0.717) is 19.3 Å². The van der Waals surface area contributed by atoms with Gasteiger partial charge in [0.05, 0.1) is 12.6 Å². The molecule has 0 aromatic heterocycles. The Morgan fingerprint density at radius 1 is 1.23 bits per heavy atom. The SMILES string of the molecule is CCOC(=O)[C@H](CCc1ccccc1)N[C@H](C)C(=O)N1[C@H](C(=O)O)C[C@@H]2CCC[C@@H]21. The van der Waals surface area contributed by atoms with E-state index in [1.54, 1.807) is 18.7 Å². The summed E-state index contributed by atoms with van der Waals surface area (Å²) < 4.78 is 5.21. The van der Waals surface area contributed by atoms with Crippen LogP contribution in [0.1, 0.15) is 51.5 Å². The van der Waals surface area contributed by atoms with Crippen LogP contribution < -0.4 is 5.32 Å². The lowest BCUT2D eigenvalue weighted by molar-refractivity contribution is -0.151. The minimum absolute atomic E-state index is 0.00629. The zero-order chi connectivity index (χ0) is 21.7. The number of likely N-dealkylation sites (tertiary alicyclic amines) is 1. The van der Waals surface area contributed by atoms with Crippen LogP contribution in [0.2, 0.25) is 0 Å². The molecule has 2 aliphatic rings. The van der Waals surface area contributed by atoms with Gasteiger partial charge in [0.15, 0.2) is 0 Å². The molecule has 2 fully saturated rings. The molecule has 7 nitrogen and oxygen atoms in total. The van der Waals surface area contributed by atoms with Gasteiger partial charge in [0.1, 0.15) is 12.1 Å². The third-order valence-electron chi connectivity index (χ3n) is 6.33. The Morgan fingerprint density at radius 3 is 2.63 bits per heavy atom. The largest absolute Gasteiger partial charge is 0.480 e. The van der Waals surface area contributed by atoms with Crippen LogP contribution in [-0.4, -0.2) is 58.6 Å². The normalized spacial score (nSPS) is 24.9. The highest BCUT2D eigenvalue weighted by Gasteiger charge is 2.49.